The molecule has 4 bridgehead atoms. The number of aromatic nitrogens is 2. The topological polar surface area (TPSA) is 85.7 Å². The summed E-state index contributed by atoms with van der Waals surface area (Å²) in [5, 5.41) is 15.9. The standard InChI is InChI=1S/C21H23N5O/c27-19-18(7-12-1-2-16-17(6-12)23-11-22-16)24-20(25-19)26-21-8-13-3-14(9-21)5-15(4-13)10-21/h1-2,6-7,11,13-15,27H,3-5,8-10H2,(H2,24,25,26)/b12-7+. The van der Waals surface area contributed by atoms with Crippen molar-refractivity contribution in [3.05, 3.63) is 34.5 Å². The number of hydrogen-bond donors (Lipinski definition) is 3. The highest BCUT2D eigenvalue weighted by atomic mass is 16.3. The van der Waals surface area contributed by atoms with Crippen molar-refractivity contribution in [3.8, 4) is 5.88 Å². The predicted octanol–water partition coefficient (Wildman–Crippen LogP) is 2.62. The van der Waals surface area contributed by atoms with Gasteiger partial charge in [0.25, 0.3) is 0 Å². The van der Waals surface area contributed by atoms with Gasteiger partial charge in [-0.25, -0.2) is 9.98 Å². The van der Waals surface area contributed by atoms with Crippen LogP contribution in [0.3, 0.4) is 0 Å². The molecule has 4 fully saturated rings. The number of rotatable bonds is 3. The first-order valence-corrected chi connectivity index (χ1v) is 9.93. The summed E-state index contributed by atoms with van der Waals surface area (Å²) in [7, 11) is 0. The fourth-order valence-corrected chi connectivity index (χ4v) is 6.22. The maximum Gasteiger partial charge on any atom is 0.238 e. The zero-order chi connectivity index (χ0) is 18.0. The van der Waals surface area contributed by atoms with Gasteiger partial charge in [0.2, 0.25) is 11.8 Å². The highest BCUT2D eigenvalue weighted by molar-refractivity contribution is 5.67. The summed E-state index contributed by atoms with van der Waals surface area (Å²) in [6.07, 6.45) is 11.4. The van der Waals surface area contributed by atoms with Crippen LogP contribution in [0, 0.1) is 17.8 Å². The minimum Gasteiger partial charge on any atom is -0.492 e. The average molecular weight is 361 g/mol. The molecule has 0 saturated heterocycles. The molecule has 2 aromatic rings. The summed E-state index contributed by atoms with van der Waals surface area (Å²) < 4.78 is 0. The molecular weight excluding hydrogens is 338 g/mol. The van der Waals surface area contributed by atoms with Gasteiger partial charge >= 0.3 is 0 Å². The van der Waals surface area contributed by atoms with Gasteiger partial charge in [-0.2, -0.15) is 4.98 Å². The quantitative estimate of drug-likeness (QED) is 0.785. The van der Waals surface area contributed by atoms with E-state index in [4.69, 9.17) is 0 Å². The van der Waals surface area contributed by atoms with Gasteiger partial charge in [0.05, 0.1) is 11.0 Å². The predicted molar refractivity (Wildman–Crippen MR) is 104 cm³/mol. The molecule has 0 amide bonds. The Bertz CT molecular complexity index is 1030. The van der Waals surface area contributed by atoms with Gasteiger partial charge in [-0.1, -0.05) is 6.07 Å². The van der Waals surface area contributed by atoms with Gasteiger partial charge in [0.1, 0.15) is 12.0 Å². The van der Waals surface area contributed by atoms with Crippen molar-refractivity contribution in [2.75, 3.05) is 5.32 Å². The zero-order valence-corrected chi connectivity index (χ0v) is 15.2. The molecule has 0 atom stereocenters. The van der Waals surface area contributed by atoms with Crippen LogP contribution in [-0.2, 0) is 0 Å². The summed E-state index contributed by atoms with van der Waals surface area (Å²) in [4.78, 5) is 16.1. The molecule has 27 heavy (non-hydrogen) atoms. The van der Waals surface area contributed by atoms with Gasteiger partial charge in [0, 0.05) is 5.54 Å². The first-order valence-electron chi connectivity index (χ1n) is 9.93. The Hall–Kier alpha value is -2.63. The number of nitrogens with one attached hydrogen (secondary N) is 2. The number of anilines is 1. The number of benzene rings is 1. The maximum absolute atomic E-state index is 10.3. The van der Waals surface area contributed by atoms with Crippen molar-refractivity contribution in [1.29, 1.82) is 0 Å². The Balaban J connectivity index is 1.30. The van der Waals surface area contributed by atoms with Crippen LogP contribution in [0.25, 0.3) is 6.08 Å². The van der Waals surface area contributed by atoms with Crippen LogP contribution in [0.1, 0.15) is 44.2 Å². The van der Waals surface area contributed by atoms with Crippen LogP contribution in [0.5, 0.6) is 5.88 Å². The molecule has 1 aromatic heterocycles. The van der Waals surface area contributed by atoms with Gasteiger partial charge in [-0.15, -0.1) is 0 Å². The average Bonchev–Trinajstić information content (AvgIpc) is 3.19. The van der Waals surface area contributed by atoms with E-state index in [0.717, 1.165) is 34.0 Å². The van der Waals surface area contributed by atoms with E-state index in [1.165, 1.54) is 38.5 Å². The number of imidazole rings is 1. The van der Waals surface area contributed by atoms with Crippen LogP contribution in [0.2, 0.25) is 0 Å². The van der Waals surface area contributed by atoms with E-state index in [0.29, 0.717) is 11.6 Å². The van der Waals surface area contributed by atoms with E-state index in [9.17, 15) is 5.11 Å². The number of aromatic amines is 1. The third-order valence-corrected chi connectivity index (χ3v) is 6.84. The first-order chi connectivity index (χ1) is 13.1. The van der Waals surface area contributed by atoms with Crippen molar-refractivity contribution in [1.82, 2.24) is 9.97 Å². The van der Waals surface area contributed by atoms with E-state index < -0.39 is 0 Å². The van der Waals surface area contributed by atoms with Crippen molar-refractivity contribution in [3.63, 3.8) is 0 Å². The third-order valence-electron chi connectivity index (χ3n) is 6.84. The molecule has 6 nitrogen and oxygen atoms in total. The highest BCUT2D eigenvalue weighted by Crippen LogP contribution is 2.56. The second-order valence-corrected chi connectivity index (χ2v) is 8.91. The van der Waals surface area contributed by atoms with Crippen LogP contribution < -0.4 is 15.9 Å². The molecule has 3 N–H and O–H groups in total. The van der Waals surface area contributed by atoms with E-state index in [1.807, 2.05) is 24.3 Å². The van der Waals surface area contributed by atoms with Crippen molar-refractivity contribution in [2.45, 2.75) is 44.1 Å². The molecule has 4 aliphatic carbocycles. The Kier molecular flexibility index (Phi) is 3.11. The fraction of sp³-hybridized carbons (Fsp3) is 0.476. The molecule has 1 aromatic carbocycles. The van der Waals surface area contributed by atoms with E-state index in [-0.39, 0.29) is 11.4 Å². The van der Waals surface area contributed by atoms with Crippen molar-refractivity contribution in [2.24, 2.45) is 27.7 Å². The Morgan fingerprint density at radius 2 is 1.85 bits per heavy atom. The van der Waals surface area contributed by atoms with E-state index in [2.05, 4.69) is 25.3 Å². The number of hydrogen-bond acceptors (Lipinski definition) is 5. The summed E-state index contributed by atoms with van der Waals surface area (Å²) in [5.74, 6) is 3.34. The summed E-state index contributed by atoms with van der Waals surface area (Å²) in [5.41, 5.74) is 1.65. The molecule has 7 rings (SSSR count). The lowest BCUT2D eigenvalue weighted by molar-refractivity contribution is 0.0104. The molecular formula is C21H23N5O. The maximum atomic E-state index is 10.3. The second kappa shape index (κ2) is 5.44. The summed E-state index contributed by atoms with van der Waals surface area (Å²) >= 11 is 0. The first kappa shape index (κ1) is 15.4. The summed E-state index contributed by atoms with van der Waals surface area (Å²) in [6, 6.07) is 5.88. The lowest BCUT2D eigenvalue weighted by Crippen LogP contribution is -2.54. The monoisotopic (exact) mass is 361 g/mol. The normalized spacial score (nSPS) is 33.3. The number of fused-ring (bicyclic) bond motifs is 1. The Morgan fingerprint density at radius 1 is 1.11 bits per heavy atom. The molecule has 2 heterocycles. The number of nitrogens with zero attached hydrogens (tertiary/aromatic N) is 3. The van der Waals surface area contributed by atoms with E-state index >= 15 is 0 Å². The minimum atomic E-state index is 0.0379. The van der Waals surface area contributed by atoms with Crippen LogP contribution >= 0.6 is 0 Å². The van der Waals surface area contributed by atoms with Crippen molar-refractivity contribution >= 4 is 24.1 Å². The van der Waals surface area contributed by atoms with Crippen molar-refractivity contribution < 1.29 is 5.11 Å². The highest BCUT2D eigenvalue weighted by Gasteiger charge is 2.51. The lowest BCUT2D eigenvalue weighted by Gasteiger charge is -2.56. The van der Waals surface area contributed by atoms with Crippen LogP contribution in [0.4, 0.5) is 11.6 Å². The fourth-order valence-electron chi connectivity index (χ4n) is 6.22. The molecule has 5 aliphatic rings. The SMILES string of the molecule is Oc1nc(NC23CC4CC(CC(C4)C2)C3)[nH]c1/C=c1\ccc2c(c1)N=CN=2. The molecule has 0 spiro atoms. The molecule has 4 saturated carbocycles. The molecule has 0 unspecified atom stereocenters. The second-order valence-electron chi connectivity index (χ2n) is 8.91. The number of H-pyrrole nitrogens is 1. The number of aromatic hydroxyl groups is 1. The van der Waals surface area contributed by atoms with Gasteiger partial charge in [0.15, 0.2) is 0 Å². The summed E-state index contributed by atoms with van der Waals surface area (Å²) in [6.45, 7) is 0. The van der Waals surface area contributed by atoms with E-state index in [1.54, 1.807) is 6.34 Å². The minimum absolute atomic E-state index is 0.0379. The van der Waals surface area contributed by atoms with Gasteiger partial charge in [-0.3, -0.25) is 0 Å². The van der Waals surface area contributed by atoms with Crippen LogP contribution in [-0.4, -0.2) is 27.0 Å². The molecule has 0 radical (unpaired) electrons. The van der Waals surface area contributed by atoms with Gasteiger partial charge < -0.3 is 15.4 Å². The molecule has 138 valence electrons. The molecule has 6 heteroatoms. The smallest absolute Gasteiger partial charge is 0.238 e. The lowest BCUT2D eigenvalue weighted by atomic mass is 9.53. The van der Waals surface area contributed by atoms with Crippen LogP contribution in [0.15, 0.2) is 28.2 Å². The third kappa shape index (κ3) is 2.58. The molecule has 1 aliphatic heterocycles. The largest absolute Gasteiger partial charge is 0.492 e. The Labute approximate surface area is 157 Å². The zero-order valence-electron chi connectivity index (χ0n) is 15.2. The number of aliphatic imine (C=N–C) groups is 1. The van der Waals surface area contributed by atoms with Gasteiger partial charge in [-0.05, 0) is 79.7 Å². The Morgan fingerprint density at radius 3 is 2.59 bits per heavy atom.